The van der Waals surface area contributed by atoms with Gasteiger partial charge in [0.1, 0.15) is 5.75 Å². The number of fused-ring (bicyclic) bond motifs is 1. The standard InChI is InChI=1S/C26H28N4O4/c1-17-4-6-21(14-18(17)2)34-19(3)26(31)30-12-10-29(11-13-30)25-9-7-22(27-28-25)20-5-8-23-24(15-20)33-16-32-23/h4-9,14-15,19H,10-13,16H2,1-3H3. The minimum atomic E-state index is -0.533. The van der Waals surface area contributed by atoms with E-state index >= 15 is 0 Å². The van der Waals surface area contributed by atoms with Gasteiger partial charge in [0.05, 0.1) is 5.69 Å². The Balaban J connectivity index is 1.17. The van der Waals surface area contributed by atoms with Crippen molar-refractivity contribution in [2.75, 3.05) is 37.9 Å². The molecule has 1 atom stereocenters. The molecular formula is C26H28N4O4. The van der Waals surface area contributed by atoms with Crippen molar-refractivity contribution in [3.63, 3.8) is 0 Å². The highest BCUT2D eigenvalue weighted by Crippen LogP contribution is 2.35. The Hall–Kier alpha value is -3.81. The number of benzene rings is 2. The average Bonchev–Trinajstić information content (AvgIpc) is 3.34. The summed E-state index contributed by atoms with van der Waals surface area (Å²) in [5.74, 6) is 2.99. The fourth-order valence-electron chi connectivity index (χ4n) is 4.16. The fourth-order valence-corrected chi connectivity index (χ4v) is 4.16. The molecule has 3 aromatic rings. The first-order valence-electron chi connectivity index (χ1n) is 11.5. The molecule has 0 bridgehead atoms. The molecule has 0 radical (unpaired) electrons. The Morgan fingerprint density at radius 3 is 2.44 bits per heavy atom. The molecule has 176 valence electrons. The maximum absolute atomic E-state index is 12.9. The van der Waals surface area contributed by atoms with E-state index in [-0.39, 0.29) is 12.7 Å². The van der Waals surface area contributed by atoms with Crippen molar-refractivity contribution >= 4 is 11.7 Å². The molecule has 3 heterocycles. The van der Waals surface area contributed by atoms with E-state index in [4.69, 9.17) is 14.2 Å². The maximum Gasteiger partial charge on any atom is 0.263 e. The van der Waals surface area contributed by atoms with Gasteiger partial charge in [-0.1, -0.05) is 6.07 Å². The van der Waals surface area contributed by atoms with Crippen molar-refractivity contribution in [3.05, 3.63) is 59.7 Å². The highest BCUT2D eigenvalue weighted by atomic mass is 16.7. The van der Waals surface area contributed by atoms with Crippen LogP contribution >= 0.6 is 0 Å². The number of carbonyl (C=O) groups excluding carboxylic acids is 1. The first-order chi connectivity index (χ1) is 16.5. The molecule has 8 nitrogen and oxygen atoms in total. The highest BCUT2D eigenvalue weighted by Gasteiger charge is 2.27. The molecule has 5 rings (SSSR count). The van der Waals surface area contributed by atoms with Crippen molar-refractivity contribution in [3.8, 4) is 28.5 Å². The van der Waals surface area contributed by atoms with Crippen molar-refractivity contribution in [2.24, 2.45) is 0 Å². The number of anilines is 1. The topological polar surface area (TPSA) is 77.0 Å². The molecule has 2 aromatic carbocycles. The molecule has 8 heteroatoms. The SMILES string of the molecule is Cc1ccc(OC(C)C(=O)N2CCN(c3ccc(-c4ccc5c(c4)OCO5)nn3)CC2)cc1C. The zero-order chi connectivity index (χ0) is 23.7. The van der Waals surface area contributed by atoms with Crippen molar-refractivity contribution in [1.82, 2.24) is 15.1 Å². The summed E-state index contributed by atoms with van der Waals surface area (Å²) in [6.45, 7) is 8.77. The zero-order valence-corrected chi connectivity index (χ0v) is 19.7. The minimum absolute atomic E-state index is 0.00196. The number of aryl methyl sites for hydroxylation is 2. The molecule has 0 saturated carbocycles. The number of rotatable bonds is 5. The summed E-state index contributed by atoms with van der Waals surface area (Å²) in [7, 11) is 0. The molecule has 0 N–H and O–H groups in total. The summed E-state index contributed by atoms with van der Waals surface area (Å²) in [4.78, 5) is 16.9. The number of amides is 1. The second kappa shape index (κ2) is 9.21. The van der Waals surface area contributed by atoms with Crippen molar-refractivity contribution in [1.29, 1.82) is 0 Å². The Bertz CT molecular complexity index is 1190. The molecule has 1 amide bonds. The minimum Gasteiger partial charge on any atom is -0.481 e. The lowest BCUT2D eigenvalue weighted by Gasteiger charge is -2.36. The van der Waals surface area contributed by atoms with E-state index in [1.54, 1.807) is 0 Å². The van der Waals surface area contributed by atoms with Crippen LogP contribution in [0.2, 0.25) is 0 Å². The predicted octanol–water partition coefficient (Wildman–Crippen LogP) is 3.61. The van der Waals surface area contributed by atoms with Crippen LogP contribution in [-0.2, 0) is 4.79 Å². The molecule has 0 spiro atoms. The van der Waals surface area contributed by atoms with Crippen LogP contribution in [0.15, 0.2) is 48.5 Å². The largest absolute Gasteiger partial charge is 0.481 e. The van der Waals surface area contributed by atoms with Crippen molar-refractivity contribution < 1.29 is 19.0 Å². The Morgan fingerprint density at radius 2 is 1.71 bits per heavy atom. The quantitative estimate of drug-likeness (QED) is 0.576. The van der Waals surface area contributed by atoms with E-state index in [1.807, 2.05) is 67.3 Å². The number of hydrogen-bond donors (Lipinski definition) is 0. The molecular weight excluding hydrogens is 432 g/mol. The molecule has 1 saturated heterocycles. The van der Waals surface area contributed by atoms with Gasteiger partial charge in [-0.2, -0.15) is 0 Å². The van der Waals surface area contributed by atoms with Gasteiger partial charge < -0.3 is 24.0 Å². The lowest BCUT2D eigenvalue weighted by Crippen LogP contribution is -2.52. The smallest absolute Gasteiger partial charge is 0.263 e. The van der Waals surface area contributed by atoms with Gasteiger partial charge in [-0.05, 0) is 74.4 Å². The summed E-state index contributed by atoms with van der Waals surface area (Å²) in [5, 5.41) is 8.83. The number of carbonyl (C=O) groups is 1. The third-order valence-electron chi connectivity index (χ3n) is 6.37. The van der Waals surface area contributed by atoms with E-state index < -0.39 is 6.10 Å². The number of hydrogen-bond acceptors (Lipinski definition) is 7. The van der Waals surface area contributed by atoms with Gasteiger partial charge in [0, 0.05) is 31.7 Å². The second-order valence-electron chi connectivity index (χ2n) is 8.66. The molecule has 1 aromatic heterocycles. The molecule has 34 heavy (non-hydrogen) atoms. The number of ether oxygens (including phenoxy) is 3. The monoisotopic (exact) mass is 460 g/mol. The normalized spacial score (nSPS) is 15.9. The Morgan fingerprint density at radius 1 is 0.912 bits per heavy atom. The van der Waals surface area contributed by atoms with E-state index in [0.717, 1.165) is 39.9 Å². The van der Waals surface area contributed by atoms with E-state index in [1.165, 1.54) is 5.56 Å². The van der Waals surface area contributed by atoms with Crippen LogP contribution in [0.25, 0.3) is 11.3 Å². The first kappa shape index (κ1) is 22.0. The molecule has 2 aliphatic rings. The number of nitrogens with zero attached hydrogens (tertiary/aromatic N) is 4. The molecule has 1 fully saturated rings. The average molecular weight is 461 g/mol. The number of aromatic nitrogens is 2. The molecule has 1 unspecified atom stereocenters. The first-order valence-corrected chi connectivity index (χ1v) is 11.5. The summed E-state index contributed by atoms with van der Waals surface area (Å²) in [5.41, 5.74) is 4.05. The van der Waals surface area contributed by atoms with Gasteiger partial charge >= 0.3 is 0 Å². The summed E-state index contributed by atoms with van der Waals surface area (Å²) >= 11 is 0. The fraction of sp³-hybridized carbons (Fsp3) is 0.346. The Labute approximate surface area is 199 Å². The Kier molecular flexibility index (Phi) is 5.96. The van der Waals surface area contributed by atoms with Gasteiger partial charge in [0.15, 0.2) is 23.4 Å². The van der Waals surface area contributed by atoms with Gasteiger partial charge in [-0.3, -0.25) is 4.79 Å². The van der Waals surface area contributed by atoms with Crippen LogP contribution in [0.1, 0.15) is 18.1 Å². The highest BCUT2D eigenvalue weighted by molar-refractivity contribution is 5.81. The van der Waals surface area contributed by atoms with Crippen LogP contribution in [0.4, 0.5) is 5.82 Å². The van der Waals surface area contributed by atoms with E-state index in [0.29, 0.717) is 26.2 Å². The summed E-state index contributed by atoms with van der Waals surface area (Å²) < 4.78 is 16.7. The van der Waals surface area contributed by atoms with E-state index in [2.05, 4.69) is 22.0 Å². The van der Waals surface area contributed by atoms with Crippen LogP contribution in [0.3, 0.4) is 0 Å². The van der Waals surface area contributed by atoms with Gasteiger partial charge in [0.25, 0.3) is 5.91 Å². The van der Waals surface area contributed by atoms with Gasteiger partial charge in [-0.15, -0.1) is 10.2 Å². The van der Waals surface area contributed by atoms with Gasteiger partial charge in [0.2, 0.25) is 6.79 Å². The lowest BCUT2D eigenvalue weighted by molar-refractivity contribution is -0.138. The summed E-state index contributed by atoms with van der Waals surface area (Å²) in [6, 6.07) is 15.6. The predicted molar refractivity (Wildman–Crippen MR) is 128 cm³/mol. The molecule has 0 aliphatic carbocycles. The van der Waals surface area contributed by atoms with Crippen LogP contribution in [0, 0.1) is 13.8 Å². The second-order valence-corrected chi connectivity index (χ2v) is 8.66. The van der Waals surface area contributed by atoms with Crippen LogP contribution in [0.5, 0.6) is 17.2 Å². The van der Waals surface area contributed by atoms with Crippen LogP contribution < -0.4 is 19.1 Å². The summed E-state index contributed by atoms with van der Waals surface area (Å²) in [6.07, 6.45) is -0.533. The van der Waals surface area contributed by atoms with Gasteiger partial charge in [-0.25, -0.2) is 0 Å². The molecule has 2 aliphatic heterocycles. The third kappa shape index (κ3) is 4.48. The van der Waals surface area contributed by atoms with Crippen molar-refractivity contribution in [2.45, 2.75) is 26.9 Å². The maximum atomic E-state index is 12.9. The number of piperazine rings is 1. The van der Waals surface area contributed by atoms with E-state index in [9.17, 15) is 4.79 Å². The van der Waals surface area contributed by atoms with Crippen LogP contribution in [-0.4, -0.2) is 60.1 Å². The third-order valence-corrected chi connectivity index (χ3v) is 6.37. The lowest BCUT2D eigenvalue weighted by atomic mass is 10.1. The zero-order valence-electron chi connectivity index (χ0n) is 19.7.